The molecule has 88 valence electrons. The number of aromatic nitrogens is 2. The zero-order valence-electron chi connectivity index (χ0n) is 9.48. The number of H-pyrrole nitrogens is 1. The molecule has 1 N–H and O–H groups in total. The van der Waals surface area contributed by atoms with Crippen molar-refractivity contribution in [2.45, 2.75) is 31.6 Å². The molecule has 0 saturated heterocycles. The summed E-state index contributed by atoms with van der Waals surface area (Å²) in [6.45, 7) is 0. The third kappa shape index (κ3) is 2.33. The van der Waals surface area contributed by atoms with E-state index in [9.17, 15) is 0 Å². The van der Waals surface area contributed by atoms with Gasteiger partial charge in [0.2, 0.25) is 0 Å². The molecule has 0 bridgehead atoms. The van der Waals surface area contributed by atoms with Gasteiger partial charge in [-0.1, -0.05) is 25.1 Å². The maximum Gasteiger partial charge on any atom is 0.139 e. The lowest BCUT2D eigenvalue weighted by Crippen LogP contribution is -1.99. The fraction of sp³-hybridized carbons (Fsp3) is 0.385. The second-order valence-electron chi connectivity index (χ2n) is 4.52. The minimum Gasteiger partial charge on any atom is -0.343 e. The third-order valence-electron chi connectivity index (χ3n) is 3.35. The summed E-state index contributed by atoms with van der Waals surface area (Å²) in [6, 6.07) is 4.11. The molecule has 0 aromatic carbocycles. The highest BCUT2D eigenvalue weighted by Crippen LogP contribution is 2.33. The van der Waals surface area contributed by atoms with Crippen molar-refractivity contribution in [2.24, 2.45) is 0 Å². The monoisotopic (exact) mass is 262 g/mol. The number of aromatic amines is 1. The Morgan fingerprint density at radius 2 is 2.18 bits per heavy atom. The maximum absolute atomic E-state index is 5.27. The predicted molar refractivity (Wildman–Crippen MR) is 73.9 cm³/mol. The fourth-order valence-corrected chi connectivity index (χ4v) is 3.33. The standard InChI is InChI=1S/C13H14N2S2/c16-12-7-11(9-3-1-2-4-9)14-13(15-12)10-5-6-17-8-10/h5-9H,1-4H2,(H,14,15,16). The van der Waals surface area contributed by atoms with Gasteiger partial charge in [0.1, 0.15) is 10.5 Å². The van der Waals surface area contributed by atoms with Crippen LogP contribution in [0, 0.1) is 4.64 Å². The van der Waals surface area contributed by atoms with Crippen molar-refractivity contribution < 1.29 is 0 Å². The molecular weight excluding hydrogens is 248 g/mol. The van der Waals surface area contributed by atoms with E-state index in [1.807, 2.05) is 6.07 Å². The lowest BCUT2D eigenvalue weighted by molar-refractivity contribution is 0.694. The normalized spacial score (nSPS) is 16.5. The average molecular weight is 262 g/mol. The number of hydrogen-bond donors (Lipinski definition) is 1. The average Bonchev–Trinajstić information content (AvgIpc) is 3.02. The summed E-state index contributed by atoms with van der Waals surface area (Å²) in [4.78, 5) is 7.87. The maximum atomic E-state index is 5.27. The second-order valence-corrected chi connectivity index (χ2v) is 5.72. The van der Waals surface area contributed by atoms with Crippen molar-refractivity contribution in [2.75, 3.05) is 0 Å². The Balaban J connectivity index is 2.03. The van der Waals surface area contributed by atoms with Gasteiger partial charge in [-0.15, -0.1) is 0 Å². The summed E-state index contributed by atoms with van der Waals surface area (Å²) in [5, 5.41) is 4.17. The van der Waals surface area contributed by atoms with E-state index in [-0.39, 0.29) is 0 Å². The highest BCUT2D eigenvalue weighted by Gasteiger charge is 2.18. The Labute approximate surface area is 110 Å². The number of rotatable bonds is 2. The number of thiophene rings is 1. The van der Waals surface area contributed by atoms with Gasteiger partial charge in [0.25, 0.3) is 0 Å². The molecule has 1 saturated carbocycles. The van der Waals surface area contributed by atoms with E-state index in [1.54, 1.807) is 11.3 Å². The van der Waals surface area contributed by atoms with Crippen LogP contribution < -0.4 is 0 Å². The smallest absolute Gasteiger partial charge is 0.139 e. The van der Waals surface area contributed by atoms with Crippen LogP contribution in [0.3, 0.4) is 0 Å². The van der Waals surface area contributed by atoms with Crippen molar-refractivity contribution in [1.82, 2.24) is 9.97 Å². The molecule has 0 aliphatic heterocycles. The van der Waals surface area contributed by atoms with Gasteiger partial charge in [0, 0.05) is 16.6 Å². The molecule has 17 heavy (non-hydrogen) atoms. The molecule has 2 heterocycles. The van der Waals surface area contributed by atoms with Crippen LogP contribution in [-0.2, 0) is 0 Å². The summed E-state index contributed by atoms with van der Waals surface area (Å²) in [6.07, 6.45) is 5.22. The van der Waals surface area contributed by atoms with Crippen molar-refractivity contribution in [3.8, 4) is 11.4 Å². The van der Waals surface area contributed by atoms with E-state index in [2.05, 4.69) is 26.8 Å². The molecule has 1 aliphatic carbocycles. The van der Waals surface area contributed by atoms with Gasteiger partial charge in [-0.3, -0.25) is 0 Å². The minimum atomic E-state index is 0.650. The van der Waals surface area contributed by atoms with Crippen LogP contribution in [0.5, 0.6) is 0 Å². The Morgan fingerprint density at radius 3 is 2.88 bits per heavy atom. The van der Waals surface area contributed by atoms with Gasteiger partial charge in [0.15, 0.2) is 0 Å². The highest BCUT2D eigenvalue weighted by atomic mass is 32.1. The molecule has 0 unspecified atom stereocenters. The van der Waals surface area contributed by atoms with Crippen LogP contribution in [0.1, 0.15) is 37.3 Å². The van der Waals surface area contributed by atoms with Crippen LogP contribution in [-0.4, -0.2) is 9.97 Å². The first kappa shape index (κ1) is 11.1. The summed E-state index contributed by atoms with van der Waals surface area (Å²) < 4.78 is 0.701. The molecule has 2 aromatic rings. The molecule has 0 radical (unpaired) electrons. The lowest BCUT2D eigenvalue weighted by atomic mass is 10.0. The van der Waals surface area contributed by atoms with Gasteiger partial charge < -0.3 is 4.98 Å². The van der Waals surface area contributed by atoms with E-state index < -0.39 is 0 Å². The van der Waals surface area contributed by atoms with E-state index in [0.717, 1.165) is 11.4 Å². The van der Waals surface area contributed by atoms with Crippen LogP contribution in [0.25, 0.3) is 11.4 Å². The summed E-state index contributed by atoms with van der Waals surface area (Å²) in [5.74, 6) is 1.57. The molecule has 2 aromatic heterocycles. The van der Waals surface area contributed by atoms with Crippen molar-refractivity contribution in [3.63, 3.8) is 0 Å². The fourth-order valence-electron chi connectivity index (χ4n) is 2.47. The van der Waals surface area contributed by atoms with E-state index >= 15 is 0 Å². The van der Waals surface area contributed by atoms with Crippen LogP contribution in [0.2, 0.25) is 0 Å². The molecule has 0 atom stereocenters. The summed E-state index contributed by atoms with van der Waals surface area (Å²) >= 11 is 6.95. The van der Waals surface area contributed by atoms with E-state index in [4.69, 9.17) is 12.2 Å². The van der Waals surface area contributed by atoms with Crippen LogP contribution in [0.15, 0.2) is 22.9 Å². The molecule has 0 spiro atoms. The molecule has 4 heteroatoms. The Kier molecular flexibility index (Phi) is 3.07. The first-order valence-corrected chi connectivity index (χ1v) is 7.32. The van der Waals surface area contributed by atoms with E-state index in [1.165, 1.54) is 31.4 Å². The van der Waals surface area contributed by atoms with Crippen LogP contribution >= 0.6 is 23.6 Å². The number of nitrogens with one attached hydrogen (secondary N) is 1. The summed E-state index contributed by atoms with van der Waals surface area (Å²) in [7, 11) is 0. The summed E-state index contributed by atoms with van der Waals surface area (Å²) in [5.41, 5.74) is 2.41. The largest absolute Gasteiger partial charge is 0.343 e. The lowest BCUT2D eigenvalue weighted by Gasteiger charge is -2.10. The van der Waals surface area contributed by atoms with Gasteiger partial charge in [-0.2, -0.15) is 11.3 Å². The predicted octanol–water partition coefficient (Wildman–Crippen LogP) is 4.53. The van der Waals surface area contributed by atoms with Crippen molar-refractivity contribution >= 4 is 23.6 Å². The first-order chi connectivity index (χ1) is 8.33. The first-order valence-electron chi connectivity index (χ1n) is 5.97. The SMILES string of the molecule is S=c1cc(C2CCCC2)[nH]c(-c2ccsc2)n1. The minimum absolute atomic E-state index is 0.650. The molecule has 0 amide bonds. The second kappa shape index (κ2) is 4.70. The molecule has 3 rings (SSSR count). The Bertz CT molecular complexity index is 551. The number of hydrogen-bond acceptors (Lipinski definition) is 3. The molecule has 1 fully saturated rings. The van der Waals surface area contributed by atoms with Gasteiger partial charge in [-0.05, 0) is 36.3 Å². The van der Waals surface area contributed by atoms with Crippen LogP contribution in [0.4, 0.5) is 0 Å². The highest BCUT2D eigenvalue weighted by molar-refractivity contribution is 7.71. The quantitative estimate of drug-likeness (QED) is 0.806. The van der Waals surface area contributed by atoms with Crippen molar-refractivity contribution in [1.29, 1.82) is 0 Å². The number of nitrogens with zero attached hydrogens (tertiary/aromatic N) is 1. The van der Waals surface area contributed by atoms with E-state index in [0.29, 0.717) is 10.6 Å². The Hall–Kier alpha value is -1.00. The topological polar surface area (TPSA) is 28.7 Å². The van der Waals surface area contributed by atoms with Gasteiger partial charge in [-0.25, -0.2) is 4.98 Å². The van der Waals surface area contributed by atoms with Gasteiger partial charge >= 0.3 is 0 Å². The Morgan fingerprint density at radius 1 is 1.35 bits per heavy atom. The zero-order chi connectivity index (χ0) is 11.7. The zero-order valence-corrected chi connectivity index (χ0v) is 11.1. The third-order valence-corrected chi connectivity index (χ3v) is 4.25. The van der Waals surface area contributed by atoms with Gasteiger partial charge in [0.05, 0.1) is 0 Å². The molecule has 2 nitrogen and oxygen atoms in total. The molecule has 1 aliphatic rings. The van der Waals surface area contributed by atoms with Crippen molar-refractivity contribution in [3.05, 3.63) is 33.2 Å². The molecular formula is C13H14N2S2.